The van der Waals surface area contributed by atoms with Gasteiger partial charge < -0.3 is 5.11 Å². The summed E-state index contributed by atoms with van der Waals surface area (Å²) in [5, 5.41) is 9.65. The topological polar surface area (TPSA) is 60.3 Å². The Morgan fingerprint density at radius 1 is 0.958 bits per heavy atom. The lowest BCUT2D eigenvalue weighted by Crippen LogP contribution is -2.40. The summed E-state index contributed by atoms with van der Waals surface area (Å²) >= 11 is 0. The number of aliphatic hydroxyl groups is 1. The molecule has 4 nitrogen and oxygen atoms in total. The highest BCUT2D eigenvalue weighted by Crippen LogP contribution is 2.38. The smallest absolute Gasteiger partial charge is 0.376 e. The largest absolute Gasteiger partial charge is 0.421 e. The van der Waals surface area contributed by atoms with E-state index in [-0.39, 0.29) is 10.5 Å². The molecule has 1 unspecified atom stereocenters. The summed E-state index contributed by atoms with van der Waals surface area (Å²) < 4.78 is 65.2. The van der Waals surface area contributed by atoms with Gasteiger partial charge in [0.1, 0.15) is 18.0 Å². The summed E-state index contributed by atoms with van der Waals surface area (Å²) in [5.74, 6) is 0. The van der Waals surface area contributed by atoms with Gasteiger partial charge in [0.05, 0.1) is 0 Å². The first-order valence-corrected chi connectivity index (χ1v) is 9.40. The summed E-state index contributed by atoms with van der Waals surface area (Å²) in [7, 11) is -3.73. The number of benzene rings is 1. The summed E-state index contributed by atoms with van der Waals surface area (Å²) in [4.78, 5) is -0.0511. The van der Waals surface area contributed by atoms with Crippen LogP contribution in [0, 0.1) is 0 Å². The fourth-order valence-corrected chi connectivity index (χ4v) is 4.24. The van der Waals surface area contributed by atoms with Crippen LogP contribution >= 0.6 is 0 Å². The molecule has 1 aromatic rings. The van der Waals surface area contributed by atoms with E-state index in [0.717, 1.165) is 56.4 Å². The Kier molecular flexibility index (Phi) is 5.61. The molecule has 135 valence electrons. The summed E-state index contributed by atoms with van der Waals surface area (Å²) in [5.41, 5.74) is -3.41. The third-order valence-corrected chi connectivity index (χ3v) is 6.33. The molecule has 1 radical (unpaired) electrons. The van der Waals surface area contributed by atoms with Crippen molar-refractivity contribution < 1.29 is 26.7 Å². The van der Waals surface area contributed by atoms with Crippen molar-refractivity contribution in [3.8, 4) is 0 Å². The van der Waals surface area contributed by atoms with Gasteiger partial charge in [-0.1, -0.05) is 22.9 Å². The van der Waals surface area contributed by atoms with Gasteiger partial charge in [-0.2, -0.15) is 21.6 Å². The fraction of sp³-hybridized carbons (Fsp3) is 0.625. The van der Waals surface area contributed by atoms with Crippen molar-refractivity contribution in [3.63, 3.8) is 0 Å². The minimum atomic E-state index is -4.84. The average molecular weight is 365 g/mol. The summed E-state index contributed by atoms with van der Waals surface area (Å²) in [6, 6.07) is 4.29. The van der Waals surface area contributed by atoms with Gasteiger partial charge in [0.25, 0.3) is 0 Å². The zero-order chi connectivity index (χ0) is 18.0. The standard InChI is InChI=1S/C16H22F3NO3S/c1-15(21,16(17,18)19)13-7-9-14(10-8-13)24(22,23)20-11-5-3-2-4-6-12-20/h7-10,21H,2-6,11-12H2,1H3/q+1. The van der Waals surface area contributed by atoms with Gasteiger partial charge in [0, 0.05) is 12.8 Å². The lowest BCUT2D eigenvalue weighted by Gasteiger charge is -2.26. The van der Waals surface area contributed by atoms with E-state index in [1.165, 1.54) is 4.31 Å². The van der Waals surface area contributed by atoms with Crippen molar-refractivity contribution in [2.75, 3.05) is 13.1 Å². The van der Waals surface area contributed by atoms with E-state index in [1.54, 1.807) is 0 Å². The molecule has 1 fully saturated rings. The Morgan fingerprint density at radius 2 is 1.42 bits per heavy atom. The minimum Gasteiger partial charge on any atom is -0.376 e. The monoisotopic (exact) mass is 365 g/mol. The molecule has 1 atom stereocenters. The van der Waals surface area contributed by atoms with Gasteiger partial charge in [-0.05, 0) is 37.5 Å². The van der Waals surface area contributed by atoms with Crippen LogP contribution in [0.1, 0.15) is 44.6 Å². The Bertz CT molecular complexity index is 646. The van der Waals surface area contributed by atoms with Crippen LogP contribution in [-0.4, -0.2) is 32.8 Å². The predicted molar refractivity (Wildman–Crippen MR) is 84.2 cm³/mol. The van der Waals surface area contributed by atoms with Crippen molar-refractivity contribution >= 4 is 10.0 Å². The van der Waals surface area contributed by atoms with E-state index >= 15 is 0 Å². The van der Waals surface area contributed by atoms with Gasteiger partial charge in [0.15, 0.2) is 5.60 Å². The molecule has 0 amide bonds. The second-order valence-corrected chi connectivity index (χ2v) is 8.20. The van der Waals surface area contributed by atoms with Crippen LogP contribution in [0.2, 0.25) is 0 Å². The van der Waals surface area contributed by atoms with Crippen molar-refractivity contribution in [1.29, 1.82) is 0 Å². The molecule has 1 aromatic carbocycles. The molecule has 1 heterocycles. The van der Waals surface area contributed by atoms with Crippen molar-refractivity contribution in [3.05, 3.63) is 29.8 Å². The van der Waals surface area contributed by atoms with Crippen molar-refractivity contribution in [1.82, 2.24) is 4.31 Å². The maximum absolute atomic E-state index is 12.9. The van der Waals surface area contributed by atoms with Crippen LogP contribution in [0.3, 0.4) is 0 Å². The molecule has 8 heteroatoms. The van der Waals surface area contributed by atoms with E-state index in [4.69, 9.17) is 0 Å². The van der Waals surface area contributed by atoms with E-state index in [0.29, 0.717) is 20.0 Å². The number of hydrogen-bond acceptors (Lipinski definition) is 3. The van der Waals surface area contributed by atoms with Gasteiger partial charge >= 0.3 is 16.2 Å². The number of rotatable bonds is 3. The van der Waals surface area contributed by atoms with Crippen molar-refractivity contribution in [2.24, 2.45) is 0 Å². The van der Waals surface area contributed by atoms with Gasteiger partial charge in [-0.3, -0.25) is 0 Å². The Hall–Kier alpha value is -1.12. The SMILES string of the molecule is CC(O)(c1ccc(S(=O)(=O)[N+]2CCCCCCC2)cc1)C(F)(F)F. The molecule has 0 aromatic heterocycles. The second-order valence-electron chi connectivity index (χ2n) is 6.27. The molecule has 1 N–H and O–H groups in total. The fourth-order valence-electron chi connectivity index (χ4n) is 2.72. The van der Waals surface area contributed by atoms with Gasteiger partial charge in [-0.25, -0.2) is 0 Å². The first-order chi connectivity index (χ1) is 11.1. The molecule has 1 saturated heterocycles. The molecular weight excluding hydrogens is 343 g/mol. The molecule has 1 aliphatic heterocycles. The average Bonchev–Trinajstić information content (AvgIpc) is 2.45. The molecule has 0 bridgehead atoms. The number of halogens is 3. The first kappa shape index (κ1) is 19.2. The quantitative estimate of drug-likeness (QED) is 0.837. The van der Waals surface area contributed by atoms with Gasteiger partial charge in [-0.15, -0.1) is 0 Å². The summed E-state index contributed by atoms with van der Waals surface area (Å²) in [6.45, 7) is 1.49. The van der Waals surface area contributed by atoms with Crippen LogP contribution in [0.5, 0.6) is 0 Å². The second kappa shape index (κ2) is 7.01. The molecule has 0 spiro atoms. The van der Waals surface area contributed by atoms with E-state index in [1.807, 2.05) is 0 Å². The number of nitrogens with zero attached hydrogens (tertiary/aromatic N) is 1. The predicted octanol–water partition coefficient (Wildman–Crippen LogP) is 3.25. The Labute approximate surface area is 140 Å². The molecule has 2 rings (SSSR count). The van der Waals surface area contributed by atoms with Crippen LogP contribution in [-0.2, 0) is 15.6 Å². The van der Waals surface area contributed by atoms with Crippen LogP contribution in [0.4, 0.5) is 13.2 Å². The normalized spacial score (nSPS) is 20.9. The summed E-state index contributed by atoms with van der Waals surface area (Å²) in [6.07, 6.45) is -0.245. The lowest BCUT2D eigenvalue weighted by atomic mass is 9.96. The number of sulfonamides is 1. The van der Waals surface area contributed by atoms with E-state index in [9.17, 15) is 26.7 Å². The third-order valence-electron chi connectivity index (χ3n) is 4.42. The maximum Gasteiger partial charge on any atom is 0.421 e. The van der Waals surface area contributed by atoms with Crippen LogP contribution in [0.25, 0.3) is 0 Å². The molecular formula is C16H22F3NO3S+. The zero-order valence-electron chi connectivity index (χ0n) is 13.5. The number of alkyl halides is 3. The zero-order valence-corrected chi connectivity index (χ0v) is 14.3. The Balaban J connectivity index is 2.26. The maximum atomic E-state index is 12.9. The van der Waals surface area contributed by atoms with E-state index < -0.39 is 21.8 Å². The highest BCUT2D eigenvalue weighted by atomic mass is 32.2. The third kappa shape index (κ3) is 3.92. The highest BCUT2D eigenvalue weighted by Gasteiger charge is 2.51. The molecule has 0 saturated carbocycles. The Morgan fingerprint density at radius 3 is 1.88 bits per heavy atom. The lowest BCUT2D eigenvalue weighted by molar-refractivity contribution is -0.258. The van der Waals surface area contributed by atoms with E-state index in [2.05, 4.69) is 0 Å². The van der Waals surface area contributed by atoms with Crippen LogP contribution in [0.15, 0.2) is 29.2 Å². The van der Waals surface area contributed by atoms with Crippen molar-refractivity contribution in [2.45, 2.75) is 55.7 Å². The molecule has 24 heavy (non-hydrogen) atoms. The molecule has 1 aliphatic rings. The molecule has 0 aliphatic carbocycles. The van der Waals surface area contributed by atoms with Gasteiger partial charge in [0.2, 0.25) is 0 Å². The minimum absolute atomic E-state index is 0.0511. The van der Waals surface area contributed by atoms with Crippen LogP contribution < -0.4 is 4.31 Å². The first-order valence-electron chi connectivity index (χ1n) is 7.96. The highest BCUT2D eigenvalue weighted by molar-refractivity contribution is 7.90. The number of hydrogen-bond donors (Lipinski definition) is 1.